The first-order valence-corrected chi connectivity index (χ1v) is 8.03. The molecule has 1 aromatic carbocycles. The fourth-order valence-corrected chi connectivity index (χ4v) is 3.41. The molecule has 21 heavy (non-hydrogen) atoms. The normalized spacial score (nSPS) is 22.0. The van der Waals surface area contributed by atoms with Crippen molar-refractivity contribution in [2.24, 2.45) is 4.99 Å². The Morgan fingerprint density at radius 2 is 1.95 bits per heavy atom. The van der Waals surface area contributed by atoms with Gasteiger partial charge in [0.15, 0.2) is 5.17 Å². The van der Waals surface area contributed by atoms with E-state index >= 15 is 0 Å². The van der Waals surface area contributed by atoms with Crippen molar-refractivity contribution in [1.82, 2.24) is 9.80 Å². The molecule has 0 bridgehead atoms. The quantitative estimate of drug-likeness (QED) is 0.745. The number of likely N-dealkylation sites (N-methyl/N-ethyl adjacent to an activating group) is 1. The van der Waals surface area contributed by atoms with Crippen molar-refractivity contribution in [1.29, 1.82) is 0 Å². The smallest absolute Gasteiger partial charge is 0.286 e. The molecular weight excluding hydrogens is 306 g/mol. The highest BCUT2D eigenvalue weighted by Gasteiger charge is 2.27. The Kier molecular flexibility index (Phi) is 4.33. The van der Waals surface area contributed by atoms with Crippen LogP contribution in [0.15, 0.2) is 34.2 Å². The second-order valence-electron chi connectivity index (χ2n) is 5.12. The number of piperazine rings is 1. The number of thioether (sulfide) groups is 1. The van der Waals surface area contributed by atoms with Crippen LogP contribution in [0.4, 0.5) is 0 Å². The average Bonchev–Trinajstić information content (AvgIpc) is 2.83. The summed E-state index contributed by atoms with van der Waals surface area (Å²) < 4.78 is 0. The molecule has 2 aliphatic rings. The number of hydrogen-bond acceptors (Lipinski definition) is 4. The number of carbonyl (C=O) groups is 1. The lowest BCUT2D eigenvalue weighted by atomic mass is 10.2. The van der Waals surface area contributed by atoms with E-state index in [-0.39, 0.29) is 5.91 Å². The number of carbonyl (C=O) groups excluding carboxylic acids is 1. The van der Waals surface area contributed by atoms with Gasteiger partial charge in [-0.15, -0.1) is 0 Å². The van der Waals surface area contributed by atoms with E-state index in [2.05, 4.69) is 21.8 Å². The van der Waals surface area contributed by atoms with Gasteiger partial charge < -0.3 is 9.80 Å². The minimum absolute atomic E-state index is 0.172. The highest BCUT2D eigenvalue weighted by molar-refractivity contribution is 8.18. The van der Waals surface area contributed by atoms with Crippen molar-refractivity contribution in [2.75, 3.05) is 33.2 Å². The van der Waals surface area contributed by atoms with Gasteiger partial charge in [0.25, 0.3) is 5.91 Å². The largest absolute Gasteiger partial charge is 0.348 e. The van der Waals surface area contributed by atoms with Crippen molar-refractivity contribution >= 4 is 40.5 Å². The molecule has 6 heteroatoms. The van der Waals surface area contributed by atoms with Crippen LogP contribution >= 0.6 is 23.4 Å². The van der Waals surface area contributed by atoms with Gasteiger partial charge in [-0.05, 0) is 36.5 Å². The molecule has 0 aliphatic carbocycles. The average molecular weight is 322 g/mol. The van der Waals surface area contributed by atoms with E-state index in [1.807, 2.05) is 30.3 Å². The van der Waals surface area contributed by atoms with Crippen LogP contribution in [0.25, 0.3) is 6.08 Å². The number of hydrogen-bond donors (Lipinski definition) is 0. The summed E-state index contributed by atoms with van der Waals surface area (Å²) in [4.78, 5) is 21.3. The monoisotopic (exact) mass is 321 g/mol. The molecule has 0 saturated carbocycles. The molecule has 0 N–H and O–H groups in total. The third-order valence-electron chi connectivity index (χ3n) is 3.57. The second kappa shape index (κ2) is 6.22. The molecule has 1 fully saturated rings. The molecule has 2 aliphatic heterocycles. The van der Waals surface area contributed by atoms with E-state index in [4.69, 9.17) is 11.6 Å². The third kappa shape index (κ3) is 3.31. The number of rotatable bonds is 1. The Labute approximate surface area is 133 Å². The zero-order chi connectivity index (χ0) is 14.8. The van der Waals surface area contributed by atoms with Gasteiger partial charge in [0.05, 0.1) is 4.91 Å². The lowest BCUT2D eigenvalue weighted by Gasteiger charge is -2.32. The maximum Gasteiger partial charge on any atom is 0.286 e. The Balaban J connectivity index is 1.74. The molecule has 0 atom stereocenters. The van der Waals surface area contributed by atoms with E-state index < -0.39 is 0 Å². The molecule has 0 aromatic heterocycles. The first-order chi connectivity index (χ1) is 10.1. The van der Waals surface area contributed by atoms with Crippen LogP contribution in [-0.2, 0) is 4.79 Å². The van der Waals surface area contributed by atoms with Crippen molar-refractivity contribution in [3.63, 3.8) is 0 Å². The van der Waals surface area contributed by atoms with E-state index in [1.54, 1.807) is 0 Å². The van der Waals surface area contributed by atoms with Gasteiger partial charge in [-0.2, -0.15) is 4.99 Å². The van der Waals surface area contributed by atoms with Gasteiger partial charge >= 0.3 is 0 Å². The van der Waals surface area contributed by atoms with Crippen LogP contribution < -0.4 is 0 Å². The zero-order valence-corrected chi connectivity index (χ0v) is 13.3. The maximum absolute atomic E-state index is 12.1. The predicted molar refractivity (Wildman–Crippen MR) is 88.5 cm³/mol. The Hall–Kier alpha value is -1.30. The van der Waals surface area contributed by atoms with Crippen molar-refractivity contribution in [3.8, 4) is 0 Å². The molecular formula is C15H16ClN3OS. The molecule has 2 heterocycles. The number of amides is 1. The lowest BCUT2D eigenvalue weighted by molar-refractivity contribution is -0.113. The molecule has 0 unspecified atom stereocenters. The Morgan fingerprint density at radius 1 is 1.24 bits per heavy atom. The number of benzene rings is 1. The molecule has 1 saturated heterocycles. The summed E-state index contributed by atoms with van der Waals surface area (Å²) in [6.07, 6.45) is 1.82. The van der Waals surface area contributed by atoms with Crippen LogP contribution in [0, 0.1) is 0 Å². The summed E-state index contributed by atoms with van der Waals surface area (Å²) in [5.74, 6) is -0.172. The summed E-state index contributed by atoms with van der Waals surface area (Å²) >= 11 is 7.57. The molecule has 3 rings (SSSR count). The molecule has 4 nitrogen and oxygen atoms in total. The summed E-state index contributed by atoms with van der Waals surface area (Å²) in [5, 5.41) is 1.46. The highest BCUT2D eigenvalue weighted by atomic mass is 35.5. The summed E-state index contributed by atoms with van der Waals surface area (Å²) in [6, 6.07) is 7.50. The van der Waals surface area contributed by atoms with Gasteiger partial charge in [-0.3, -0.25) is 4.79 Å². The van der Waals surface area contributed by atoms with Crippen molar-refractivity contribution in [3.05, 3.63) is 39.8 Å². The first kappa shape index (κ1) is 14.6. The molecule has 0 radical (unpaired) electrons. The minimum atomic E-state index is -0.172. The van der Waals surface area contributed by atoms with E-state index in [1.165, 1.54) is 11.8 Å². The Morgan fingerprint density at radius 3 is 2.67 bits per heavy atom. The van der Waals surface area contributed by atoms with E-state index in [9.17, 15) is 4.79 Å². The van der Waals surface area contributed by atoms with Crippen molar-refractivity contribution in [2.45, 2.75) is 0 Å². The Bertz CT molecular complexity index is 621. The number of amidine groups is 1. The number of halogens is 1. The van der Waals surface area contributed by atoms with Gasteiger partial charge in [0.2, 0.25) is 0 Å². The lowest BCUT2D eigenvalue weighted by Crippen LogP contribution is -2.46. The fourth-order valence-electron chi connectivity index (χ4n) is 2.26. The molecule has 1 aromatic rings. The number of nitrogens with zero attached hydrogens (tertiary/aromatic N) is 3. The van der Waals surface area contributed by atoms with Gasteiger partial charge in [-0.1, -0.05) is 29.8 Å². The van der Waals surface area contributed by atoms with E-state index in [0.717, 1.165) is 36.9 Å². The zero-order valence-electron chi connectivity index (χ0n) is 11.8. The van der Waals surface area contributed by atoms with Gasteiger partial charge in [-0.25, -0.2) is 0 Å². The first-order valence-electron chi connectivity index (χ1n) is 6.84. The van der Waals surface area contributed by atoms with Gasteiger partial charge in [0, 0.05) is 31.2 Å². The van der Waals surface area contributed by atoms with Crippen LogP contribution in [0.5, 0.6) is 0 Å². The molecule has 0 spiro atoms. The van der Waals surface area contributed by atoms with Crippen LogP contribution in [0.3, 0.4) is 0 Å². The van der Waals surface area contributed by atoms with Crippen molar-refractivity contribution < 1.29 is 4.79 Å². The molecule has 110 valence electrons. The predicted octanol–water partition coefficient (Wildman–Crippen LogP) is 2.56. The third-order valence-corrected chi connectivity index (χ3v) is 4.96. The fraction of sp³-hybridized carbons (Fsp3) is 0.333. The molecule has 1 amide bonds. The second-order valence-corrected chi connectivity index (χ2v) is 6.54. The van der Waals surface area contributed by atoms with Crippen LogP contribution in [-0.4, -0.2) is 54.1 Å². The topological polar surface area (TPSA) is 35.9 Å². The SMILES string of the molecule is CN1CCN(C2=NC(=O)/C(=C\c3ccccc3Cl)S2)CC1. The number of aliphatic imine (C=N–C) groups is 1. The summed E-state index contributed by atoms with van der Waals surface area (Å²) in [6.45, 7) is 3.82. The highest BCUT2D eigenvalue weighted by Crippen LogP contribution is 2.31. The van der Waals surface area contributed by atoms with Crippen LogP contribution in [0.1, 0.15) is 5.56 Å². The summed E-state index contributed by atoms with van der Waals surface area (Å²) in [7, 11) is 2.11. The van der Waals surface area contributed by atoms with Crippen LogP contribution in [0.2, 0.25) is 5.02 Å². The van der Waals surface area contributed by atoms with E-state index in [0.29, 0.717) is 9.93 Å². The minimum Gasteiger partial charge on any atom is -0.348 e. The maximum atomic E-state index is 12.1. The standard InChI is InChI=1S/C15H16ClN3OS/c1-18-6-8-19(9-7-18)15-17-14(20)13(21-15)10-11-4-2-3-5-12(11)16/h2-5,10H,6-9H2,1H3/b13-10+. The summed E-state index contributed by atoms with van der Waals surface area (Å²) in [5.41, 5.74) is 0.852. The van der Waals surface area contributed by atoms with Gasteiger partial charge in [0.1, 0.15) is 0 Å².